The van der Waals surface area contributed by atoms with Crippen molar-refractivity contribution in [3.05, 3.63) is 94.0 Å². The van der Waals surface area contributed by atoms with Crippen molar-refractivity contribution in [1.82, 2.24) is 20.2 Å². The maximum Gasteiger partial charge on any atom is 0.250 e. The maximum absolute atomic E-state index is 12.6. The van der Waals surface area contributed by atoms with E-state index in [9.17, 15) is 4.79 Å². The van der Waals surface area contributed by atoms with Crippen molar-refractivity contribution in [1.29, 1.82) is 0 Å². The third-order valence-electron chi connectivity index (χ3n) is 5.86. The zero-order chi connectivity index (χ0) is 26.6. The Morgan fingerprint density at radius 3 is 2.38 bits per heavy atom. The van der Waals surface area contributed by atoms with Gasteiger partial charge in [-0.15, -0.1) is 10.2 Å². The molecule has 37 heavy (non-hydrogen) atoms. The molecule has 0 fully saturated rings. The standard InChI is InChI=1S/C29H30BrN5OS/c1-19-9-15-25(16-10-19)35-27(21-11-13-23(14-12-21)29(3,4)5)33-34-28(35)37-18-26(36)32-31-20(2)22-7-6-8-24(30)17-22/h6-17H,18H2,1-5H3,(H,32,36)/b31-20-. The number of rotatable bonds is 7. The van der Waals surface area contributed by atoms with E-state index in [1.807, 2.05) is 47.9 Å². The van der Waals surface area contributed by atoms with Crippen molar-refractivity contribution in [3.8, 4) is 17.1 Å². The first-order valence-corrected chi connectivity index (χ1v) is 13.7. The number of carbonyl (C=O) groups is 1. The van der Waals surface area contributed by atoms with E-state index >= 15 is 0 Å². The van der Waals surface area contributed by atoms with Gasteiger partial charge in [-0.3, -0.25) is 9.36 Å². The minimum Gasteiger partial charge on any atom is -0.272 e. The summed E-state index contributed by atoms with van der Waals surface area (Å²) in [4.78, 5) is 12.6. The van der Waals surface area contributed by atoms with Crippen LogP contribution in [0.1, 0.15) is 44.4 Å². The van der Waals surface area contributed by atoms with Crippen LogP contribution in [0.2, 0.25) is 0 Å². The van der Waals surface area contributed by atoms with Gasteiger partial charge in [0.1, 0.15) is 0 Å². The molecule has 0 saturated heterocycles. The molecule has 3 aromatic carbocycles. The molecule has 1 N–H and O–H groups in total. The number of nitrogens with zero attached hydrogens (tertiary/aromatic N) is 4. The van der Waals surface area contributed by atoms with Crippen LogP contribution in [0.15, 0.2) is 87.5 Å². The number of hydrogen-bond acceptors (Lipinski definition) is 5. The molecule has 190 valence electrons. The average molecular weight is 577 g/mol. The third kappa shape index (κ3) is 6.76. The molecule has 1 heterocycles. The number of benzene rings is 3. The quantitative estimate of drug-likeness (QED) is 0.147. The third-order valence-corrected chi connectivity index (χ3v) is 7.28. The van der Waals surface area contributed by atoms with Gasteiger partial charge in [0.2, 0.25) is 0 Å². The lowest BCUT2D eigenvalue weighted by Crippen LogP contribution is -2.21. The fourth-order valence-electron chi connectivity index (χ4n) is 3.68. The molecule has 0 saturated carbocycles. The molecule has 1 aromatic heterocycles. The zero-order valence-corrected chi connectivity index (χ0v) is 24.0. The lowest BCUT2D eigenvalue weighted by molar-refractivity contribution is -0.118. The van der Waals surface area contributed by atoms with Crippen LogP contribution in [0.5, 0.6) is 0 Å². The Balaban J connectivity index is 1.56. The van der Waals surface area contributed by atoms with E-state index in [-0.39, 0.29) is 17.1 Å². The summed E-state index contributed by atoms with van der Waals surface area (Å²) in [6.45, 7) is 10.5. The topological polar surface area (TPSA) is 72.2 Å². The predicted octanol–water partition coefficient (Wildman–Crippen LogP) is 6.94. The van der Waals surface area contributed by atoms with Gasteiger partial charge in [-0.05, 0) is 54.7 Å². The SMILES string of the molecule is C/C(=N/NC(=O)CSc1nnc(-c2ccc(C(C)(C)C)cc2)n1-c1ccc(C)cc1)c1cccc(Br)c1. The molecular weight excluding hydrogens is 546 g/mol. The summed E-state index contributed by atoms with van der Waals surface area (Å²) < 4.78 is 2.96. The molecule has 4 rings (SSSR count). The Morgan fingerprint density at radius 1 is 1.03 bits per heavy atom. The lowest BCUT2D eigenvalue weighted by atomic mass is 9.87. The molecular formula is C29H30BrN5OS. The van der Waals surface area contributed by atoms with Crippen LogP contribution in [-0.4, -0.2) is 32.1 Å². The molecule has 0 atom stereocenters. The number of aromatic nitrogens is 3. The Morgan fingerprint density at radius 2 is 1.73 bits per heavy atom. The Bertz CT molecular complexity index is 1420. The van der Waals surface area contributed by atoms with E-state index in [1.165, 1.54) is 22.9 Å². The highest BCUT2D eigenvalue weighted by Crippen LogP contribution is 2.30. The minimum absolute atomic E-state index is 0.0649. The molecule has 0 aliphatic carbocycles. The molecule has 1 amide bonds. The van der Waals surface area contributed by atoms with Gasteiger partial charge in [0.15, 0.2) is 11.0 Å². The molecule has 0 aliphatic rings. The number of hydrazone groups is 1. The number of amides is 1. The summed E-state index contributed by atoms with van der Waals surface area (Å²) in [7, 11) is 0. The van der Waals surface area contributed by atoms with E-state index in [0.29, 0.717) is 5.16 Å². The van der Waals surface area contributed by atoms with Crippen LogP contribution in [0, 0.1) is 6.92 Å². The molecule has 8 heteroatoms. The van der Waals surface area contributed by atoms with E-state index in [2.05, 4.69) is 101 Å². The van der Waals surface area contributed by atoms with E-state index in [4.69, 9.17) is 0 Å². The van der Waals surface area contributed by atoms with Crippen LogP contribution in [-0.2, 0) is 10.2 Å². The van der Waals surface area contributed by atoms with Crippen LogP contribution < -0.4 is 5.43 Å². The summed E-state index contributed by atoms with van der Waals surface area (Å²) in [5.74, 6) is 0.673. The molecule has 0 bridgehead atoms. The summed E-state index contributed by atoms with van der Waals surface area (Å²) in [6, 6.07) is 24.4. The number of thioether (sulfide) groups is 1. The highest BCUT2D eigenvalue weighted by molar-refractivity contribution is 9.10. The van der Waals surface area contributed by atoms with Gasteiger partial charge in [-0.25, -0.2) is 5.43 Å². The summed E-state index contributed by atoms with van der Waals surface area (Å²) in [6.07, 6.45) is 0. The van der Waals surface area contributed by atoms with Gasteiger partial charge in [-0.2, -0.15) is 5.10 Å². The second-order valence-corrected chi connectivity index (χ2v) is 11.7. The van der Waals surface area contributed by atoms with Gasteiger partial charge < -0.3 is 0 Å². The first kappa shape index (κ1) is 26.8. The second kappa shape index (κ2) is 11.4. The highest BCUT2D eigenvalue weighted by atomic mass is 79.9. The summed E-state index contributed by atoms with van der Waals surface area (Å²) >= 11 is 4.79. The monoisotopic (exact) mass is 575 g/mol. The van der Waals surface area contributed by atoms with Gasteiger partial charge in [0, 0.05) is 15.7 Å². The van der Waals surface area contributed by atoms with Crippen molar-refractivity contribution in [2.24, 2.45) is 5.10 Å². The lowest BCUT2D eigenvalue weighted by Gasteiger charge is -2.19. The average Bonchev–Trinajstić information content (AvgIpc) is 3.30. The molecule has 0 aliphatic heterocycles. The second-order valence-electron chi connectivity index (χ2n) is 9.84. The molecule has 6 nitrogen and oxygen atoms in total. The van der Waals surface area contributed by atoms with Crippen molar-refractivity contribution in [3.63, 3.8) is 0 Å². The first-order valence-electron chi connectivity index (χ1n) is 12.0. The molecule has 0 spiro atoms. The van der Waals surface area contributed by atoms with Gasteiger partial charge >= 0.3 is 0 Å². The Labute approximate surface area is 230 Å². The predicted molar refractivity (Wildman–Crippen MR) is 155 cm³/mol. The van der Waals surface area contributed by atoms with Crippen LogP contribution in [0.3, 0.4) is 0 Å². The van der Waals surface area contributed by atoms with E-state index < -0.39 is 0 Å². The van der Waals surface area contributed by atoms with E-state index in [0.717, 1.165) is 32.8 Å². The molecule has 4 aromatic rings. The summed E-state index contributed by atoms with van der Waals surface area (Å²) in [5, 5.41) is 13.8. The van der Waals surface area contributed by atoms with Crippen LogP contribution in [0.4, 0.5) is 0 Å². The van der Waals surface area contributed by atoms with Crippen LogP contribution in [0.25, 0.3) is 17.1 Å². The largest absolute Gasteiger partial charge is 0.272 e. The van der Waals surface area contributed by atoms with Crippen molar-refractivity contribution >= 4 is 39.3 Å². The van der Waals surface area contributed by atoms with Crippen molar-refractivity contribution < 1.29 is 4.79 Å². The normalized spacial score (nSPS) is 12.0. The smallest absolute Gasteiger partial charge is 0.250 e. The van der Waals surface area contributed by atoms with Crippen LogP contribution >= 0.6 is 27.7 Å². The van der Waals surface area contributed by atoms with Gasteiger partial charge in [0.05, 0.1) is 11.5 Å². The number of halogens is 1. The number of nitrogens with one attached hydrogen (secondary N) is 1. The van der Waals surface area contributed by atoms with Gasteiger partial charge in [0.25, 0.3) is 5.91 Å². The highest BCUT2D eigenvalue weighted by Gasteiger charge is 2.19. The first-order chi connectivity index (χ1) is 17.6. The molecule has 0 unspecified atom stereocenters. The fourth-order valence-corrected chi connectivity index (χ4v) is 4.83. The fraction of sp³-hybridized carbons (Fsp3) is 0.241. The van der Waals surface area contributed by atoms with Crippen molar-refractivity contribution in [2.45, 2.75) is 45.2 Å². The summed E-state index contributed by atoms with van der Waals surface area (Å²) in [5.41, 5.74) is 8.70. The number of hydrogen-bond donors (Lipinski definition) is 1. The Kier molecular flexibility index (Phi) is 8.29. The molecule has 0 radical (unpaired) electrons. The number of aryl methyl sites for hydroxylation is 1. The Hall–Kier alpha value is -3.23. The van der Waals surface area contributed by atoms with Crippen molar-refractivity contribution in [2.75, 3.05) is 5.75 Å². The van der Waals surface area contributed by atoms with Gasteiger partial charge in [-0.1, -0.05) is 103 Å². The number of carbonyl (C=O) groups excluding carboxylic acids is 1. The maximum atomic E-state index is 12.6. The minimum atomic E-state index is -0.214. The zero-order valence-electron chi connectivity index (χ0n) is 21.6. The van der Waals surface area contributed by atoms with E-state index in [1.54, 1.807) is 0 Å².